The van der Waals surface area contributed by atoms with Gasteiger partial charge in [-0.15, -0.1) is 11.3 Å². The second-order valence-electron chi connectivity index (χ2n) is 5.86. The maximum absolute atomic E-state index is 12.3. The van der Waals surface area contributed by atoms with E-state index in [0.29, 0.717) is 0 Å². The lowest BCUT2D eigenvalue weighted by Crippen LogP contribution is -2.33. The molecule has 2 aliphatic rings. The zero-order valence-corrected chi connectivity index (χ0v) is 12.5. The van der Waals surface area contributed by atoms with E-state index < -0.39 is 0 Å². The topological polar surface area (TPSA) is 32.3 Å². The Morgan fingerprint density at radius 1 is 1.42 bits per heavy atom. The Morgan fingerprint density at radius 2 is 2.21 bits per heavy atom. The molecular weight excluding hydrogens is 256 g/mol. The summed E-state index contributed by atoms with van der Waals surface area (Å²) in [7, 11) is 0. The molecule has 1 aliphatic carbocycles. The van der Waals surface area contributed by atoms with Crippen LogP contribution in [0, 0.1) is 12.8 Å². The molecule has 1 N–H and O–H groups in total. The molecule has 0 aromatic carbocycles. The number of nitrogens with zero attached hydrogens (tertiary/aromatic N) is 1. The first-order chi connectivity index (χ1) is 9.15. The number of nitrogens with one attached hydrogen (secondary N) is 1. The molecular formula is C15H22N2OS. The van der Waals surface area contributed by atoms with Crippen LogP contribution in [0.2, 0.25) is 0 Å². The largest absolute Gasteiger partial charge is 0.321 e. The fourth-order valence-electron chi connectivity index (χ4n) is 2.95. The first-order valence-electron chi connectivity index (χ1n) is 7.28. The van der Waals surface area contributed by atoms with Crippen molar-refractivity contribution in [1.82, 2.24) is 10.2 Å². The number of aryl methyl sites for hydroxylation is 1. The molecule has 2 atom stereocenters. The van der Waals surface area contributed by atoms with Crippen molar-refractivity contribution in [2.45, 2.75) is 51.7 Å². The minimum atomic E-state index is -0.0474. The third-order valence-corrected chi connectivity index (χ3v) is 5.46. The van der Waals surface area contributed by atoms with Gasteiger partial charge in [-0.25, -0.2) is 0 Å². The highest BCUT2D eigenvalue weighted by Gasteiger charge is 2.37. The van der Waals surface area contributed by atoms with Crippen LogP contribution in [0.1, 0.15) is 48.5 Å². The summed E-state index contributed by atoms with van der Waals surface area (Å²) < 4.78 is 0. The van der Waals surface area contributed by atoms with Crippen LogP contribution in [0.4, 0.5) is 0 Å². The van der Waals surface area contributed by atoms with E-state index in [1.165, 1.54) is 35.4 Å². The third-order valence-electron chi connectivity index (χ3n) is 4.41. The van der Waals surface area contributed by atoms with Crippen LogP contribution in [0.15, 0.2) is 12.1 Å². The van der Waals surface area contributed by atoms with E-state index in [-0.39, 0.29) is 18.1 Å². The van der Waals surface area contributed by atoms with Crippen molar-refractivity contribution >= 4 is 17.2 Å². The van der Waals surface area contributed by atoms with Gasteiger partial charge in [-0.1, -0.05) is 19.3 Å². The van der Waals surface area contributed by atoms with Gasteiger partial charge < -0.3 is 4.90 Å². The van der Waals surface area contributed by atoms with Gasteiger partial charge in [0.25, 0.3) is 0 Å². The number of hydrogen-bond donors (Lipinski definition) is 1. The molecule has 2 heterocycles. The van der Waals surface area contributed by atoms with Crippen LogP contribution in [-0.4, -0.2) is 23.4 Å². The molecule has 0 spiro atoms. The van der Waals surface area contributed by atoms with Crippen LogP contribution in [0.3, 0.4) is 0 Å². The van der Waals surface area contributed by atoms with Crippen LogP contribution >= 0.6 is 11.3 Å². The van der Waals surface area contributed by atoms with Crippen LogP contribution in [0.5, 0.6) is 0 Å². The standard InChI is InChI=1S/C15H22N2OS/c1-10-6-7-13(19-10)14-16-11(2)15(18)17(14)9-8-12-4-3-5-12/h6-7,11-12,14,16H,3-5,8-9H2,1-2H3. The van der Waals surface area contributed by atoms with Crippen molar-refractivity contribution in [3.63, 3.8) is 0 Å². The number of carbonyl (C=O) groups is 1. The van der Waals surface area contributed by atoms with Gasteiger partial charge in [0.1, 0.15) is 6.17 Å². The quantitative estimate of drug-likeness (QED) is 0.918. The van der Waals surface area contributed by atoms with E-state index in [0.717, 1.165) is 12.5 Å². The highest BCUT2D eigenvalue weighted by molar-refractivity contribution is 7.12. The second kappa shape index (κ2) is 5.25. The maximum atomic E-state index is 12.3. The Hall–Kier alpha value is -0.870. The summed E-state index contributed by atoms with van der Waals surface area (Å²) in [5, 5.41) is 3.43. The first-order valence-corrected chi connectivity index (χ1v) is 8.09. The summed E-state index contributed by atoms with van der Waals surface area (Å²) in [5.41, 5.74) is 0. The van der Waals surface area contributed by atoms with Crippen molar-refractivity contribution in [2.24, 2.45) is 5.92 Å². The molecule has 1 amide bonds. The van der Waals surface area contributed by atoms with E-state index >= 15 is 0 Å². The van der Waals surface area contributed by atoms with Crippen molar-refractivity contribution in [1.29, 1.82) is 0 Å². The first kappa shape index (κ1) is 13.1. The zero-order valence-electron chi connectivity index (χ0n) is 11.7. The zero-order chi connectivity index (χ0) is 13.4. The van der Waals surface area contributed by atoms with Crippen molar-refractivity contribution in [3.8, 4) is 0 Å². The minimum Gasteiger partial charge on any atom is -0.321 e. The smallest absolute Gasteiger partial charge is 0.241 e. The molecule has 1 aromatic heterocycles. The molecule has 1 aromatic rings. The average Bonchev–Trinajstić information content (AvgIpc) is 2.85. The van der Waals surface area contributed by atoms with Gasteiger partial charge >= 0.3 is 0 Å². The van der Waals surface area contributed by atoms with Gasteiger partial charge in [0.2, 0.25) is 5.91 Å². The molecule has 3 rings (SSSR count). The fraction of sp³-hybridized carbons (Fsp3) is 0.667. The SMILES string of the molecule is Cc1ccc(C2NC(C)C(=O)N2CCC2CCC2)s1. The number of thiophene rings is 1. The van der Waals surface area contributed by atoms with E-state index in [1.54, 1.807) is 11.3 Å². The lowest BCUT2D eigenvalue weighted by Gasteiger charge is -2.29. The van der Waals surface area contributed by atoms with Crippen molar-refractivity contribution < 1.29 is 4.79 Å². The molecule has 104 valence electrons. The van der Waals surface area contributed by atoms with Gasteiger partial charge in [-0.2, -0.15) is 0 Å². The Balaban J connectivity index is 1.71. The number of hydrogen-bond acceptors (Lipinski definition) is 3. The van der Waals surface area contributed by atoms with E-state index in [9.17, 15) is 4.79 Å². The predicted molar refractivity (Wildman–Crippen MR) is 78.1 cm³/mol. The molecule has 2 fully saturated rings. The fourth-order valence-corrected chi connectivity index (χ4v) is 3.90. The Morgan fingerprint density at radius 3 is 2.79 bits per heavy atom. The van der Waals surface area contributed by atoms with Gasteiger partial charge in [0, 0.05) is 16.3 Å². The Kier molecular flexibility index (Phi) is 3.63. The van der Waals surface area contributed by atoms with Gasteiger partial charge in [0.05, 0.1) is 6.04 Å². The number of carbonyl (C=O) groups excluding carboxylic acids is 1. The summed E-state index contributed by atoms with van der Waals surface area (Å²) in [6.45, 7) is 4.99. The number of rotatable bonds is 4. The molecule has 4 heteroatoms. The summed E-state index contributed by atoms with van der Waals surface area (Å²) >= 11 is 1.79. The number of amides is 1. The van der Waals surface area contributed by atoms with Crippen LogP contribution in [-0.2, 0) is 4.79 Å². The van der Waals surface area contributed by atoms with Crippen LogP contribution < -0.4 is 5.32 Å². The molecule has 0 bridgehead atoms. The van der Waals surface area contributed by atoms with E-state index in [4.69, 9.17) is 0 Å². The van der Waals surface area contributed by atoms with E-state index in [1.807, 2.05) is 11.8 Å². The molecule has 1 aliphatic heterocycles. The molecule has 2 unspecified atom stereocenters. The molecule has 19 heavy (non-hydrogen) atoms. The highest BCUT2D eigenvalue weighted by atomic mass is 32.1. The van der Waals surface area contributed by atoms with E-state index in [2.05, 4.69) is 24.4 Å². The molecule has 3 nitrogen and oxygen atoms in total. The molecule has 1 saturated carbocycles. The van der Waals surface area contributed by atoms with Gasteiger partial charge in [-0.05, 0) is 38.3 Å². The summed E-state index contributed by atoms with van der Waals surface area (Å²) in [4.78, 5) is 16.9. The lowest BCUT2D eigenvalue weighted by atomic mass is 9.83. The Labute approximate surface area is 119 Å². The van der Waals surface area contributed by atoms with Gasteiger partial charge in [0.15, 0.2) is 0 Å². The summed E-state index contributed by atoms with van der Waals surface area (Å²) in [6.07, 6.45) is 5.35. The molecule has 1 saturated heterocycles. The maximum Gasteiger partial charge on any atom is 0.241 e. The normalized spacial score (nSPS) is 27.9. The highest BCUT2D eigenvalue weighted by Crippen LogP contribution is 2.33. The third kappa shape index (κ3) is 2.56. The lowest BCUT2D eigenvalue weighted by molar-refractivity contribution is -0.130. The minimum absolute atomic E-state index is 0.0474. The van der Waals surface area contributed by atoms with Crippen molar-refractivity contribution in [3.05, 3.63) is 21.9 Å². The Bertz CT molecular complexity index is 466. The summed E-state index contributed by atoms with van der Waals surface area (Å²) in [5.74, 6) is 1.12. The second-order valence-corrected chi connectivity index (χ2v) is 7.18. The predicted octanol–water partition coefficient (Wildman–Crippen LogP) is 3.07. The van der Waals surface area contributed by atoms with Crippen LogP contribution in [0.25, 0.3) is 0 Å². The van der Waals surface area contributed by atoms with Gasteiger partial charge in [-0.3, -0.25) is 10.1 Å². The summed E-state index contributed by atoms with van der Waals surface area (Å²) in [6, 6.07) is 4.24. The molecule has 0 radical (unpaired) electrons. The van der Waals surface area contributed by atoms with Crippen molar-refractivity contribution in [2.75, 3.05) is 6.54 Å². The average molecular weight is 278 g/mol. The monoisotopic (exact) mass is 278 g/mol.